The van der Waals surface area contributed by atoms with Crippen LogP contribution in [0, 0.1) is 11.8 Å². The van der Waals surface area contributed by atoms with Crippen molar-refractivity contribution in [2.45, 2.75) is 50.6 Å². The molecular formula is C29H29F3N2O3. The Morgan fingerprint density at radius 1 is 1.05 bits per heavy atom. The van der Waals surface area contributed by atoms with Gasteiger partial charge in [0.2, 0.25) is 5.91 Å². The van der Waals surface area contributed by atoms with E-state index < -0.39 is 17.6 Å². The Balaban J connectivity index is 1.25. The summed E-state index contributed by atoms with van der Waals surface area (Å²) in [5.41, 5.74) is 6.02. The molecule has 1 amide bonds. The first-order valence-electron chi connectivity index (χ1n) is 12.7. The zero-order valence-electron chi connectivity index (χ0n) is 20.3. The summed E-state index contributed by atoms with van der Waals surface area (Å²) in [6.07, 6.45) is 5.36. The SMILES string of the molecule is NC(=O)c1cccc(OCC2CCC(/C=C/c3c(-c4ccccc4C(F)(F)F)noc3C3CC3)CC2)c1. The Labute approximate surface area is 213 Å². The molecule has 2 N–H and O–H groups in total. The number of rotatable bonds is 8. The number of primary amides is 1. The second-order valence-corrected chi connectivity index (χ2v) is 9.97. The lowest BCUT2D eigenvalue weighted by Gasteiger charge is -2.26. The predicted octanol–water partition coefficient (Wildman–Crippen LogP) is 7.24. The highest BCUT2D eigenvalue weighted by Crippen LogP contribution is 2.46. The number of ether oxygens (including phenoxy) is 1. The molecule has 5 nitrogen and oxygen atoms in total. The van der Waals surface area contributed by atoms with Gasteiger partial charge in [-0.1, -0.05) is 41.6 Å². The number of aromatic nitrogens is 1. The van der Waals surface area contributed by atoms with Gasteiger partial charge in [-0.25, -0.2) is 0 Å². The number of benzene rings is 2. The molecule has 2 aliphatic rings. The molecule has 0 atom stereocenters. The van der Waals surface area contributed by atoms with E-state index in [1.807, 2.05) is 12.1 Å². The van der Waals surface area contributed by atoms with Crippen molar-refractivity contribution in [2.24, 2.45) is 17.6 Å². The highest BCUT2D eigenvalue weighted by Gasteiger charge is 2.37. The maximum Gasteiger partial charge on any atom is 0.417 e. The number of nitrogens with two attached hydrogens (primary N) is 1. The van der Waals surface area contributed by atoms with E-state index in [1.165, 1.54) is 12.1 Å². The number of alkyl halides is 3. The van der Waals surface area contributed by atoms with Gasteiger partial charge in [0.1, 0.15) is 17.2 Å². The van der Waals surface area contributed by atoms with Crippen LogP contribution >= 0.6 is 0 Å². The Morgan fingerprint density at radius 3 is 2.51 bits per heavy atom. The first kappa shape index (κ1) is 25.1. The Morgan fingerprint density at radius 2 is 1.81 bits per heavy atom. The zero-order chi connectivity index (χ0) is 26.0. The normalized spacial score (nSPS) is 20.3. The van der Waals surface area contributed by atoms with Crippen LogP contribution in [0.1, 0.15) is 71.7 Å². The molecular weight excluding hydrogens is 481 g/mol. The molecule has 194 valence electrons. The van der Waals surface area contributed by atoms with Crippen molar-refractivity contribution in [3.63, 3.8) is 0 Å². The van der Waals surface area contributed by atoms with E-state index in [0.29, 0.717) is 41.1 Å². The lowest BCUT2D eigenvalue weighted by atomic mass is 9.82. The second-order valence-electron chi connectivity index (χ2n) is 9.97. The number of carbonyl (C=O) groups is 1. The summed E-state index contributed by atoms with van der Waals surface area (Å²) in [5, 5.41) is 4.10. The molecule has 0 spiro atoms. The molecule has 3 aromatic rings. The van der Waals surface area contributed by atoms with Crippen LogP contribution in [0.25, 0.3) is 17.3 Å². The molecule has 8 heteroatoms. The van der Waals surface area contributed by atoms with Crippen LogP contribution in [0.5, 0.6) is 5.75 Å². The monoisotopic (exact) mass is 510 g/mol. The molecule has 0 radical (unpaired) electrons. The fraction of sp³-hybridized carbons (Fsp3) is 0.379. The molecule has 1 aromatic heterocycles. The van der Waals surface area contributed by atoms with E-state index in [-0.39, 0.29) is 17.2 Å². The van der Waals surface area contributed by atoms with Crippen molar-refractivity contribution >= 4 is 12.0 Å². The number of carbonyl (C=O) groups excluding carboxylic acids is 1. The number of hydrogen-bond donors (Lipinski definition) is 1. The number of allylic oxidation sites excluding steroid dienone is 1. The molecule has 2 aromatic carbocycles. The van der Waals surface area contributed by atoms with Gasteiger partial charge in [-0.15, -0.1) is 0 Å². The van der Waals surface area contributed by atoms with Gasteiger partial charge in [-0.2, -0.15) is 13.2 Å². The van der Waals surface area contributed by atoms with Gasteiger partial charge in [0.05, 0.1) is 12.2 Å². The fourth-order valence-corrected chi connectivity index (χ4v) is 4.97. The van der Waals surface area contributed by atoms with Crippen molar-refractivity contribution in [1.82, 2.24) is 5.16 Å². The van der Waals surface area contributed by atoms with Gasteiger partial charge >= 0.3 is 6.18 Å². The summed E-state index contributed by atoms with van der Waals surface area (Å²) in [4.78, 5) is 11.4. The smallest absolute Gasteiger partial charge is 0.417 e. The second kappa shape index (κ2) is 10.4. The minimum atomic E-state index is -4.47. The molecule has 2 aliphatic carbocycles. The van der Waals surface area contributed by atoms with Gasteiger partial charge < -0.3 is 15.0 Å². The van der Waals surface area contributed by atoms with E-state index in [1.54, 1.807) is 24.3 Å². The molecule has 0 unspecified atom stereocenters. The lowest BCUT2D eigenvalue weighted by Crippen LogP contribution is -2.19. The third-order valence-electron chi connectivity index (χ3n) is 7.22. The Hall–Kier alpha value is -3.55. The summed E-state index contributed by atoms with van der Waals surface area (Å²) in [6.45, 7) is 0.564. The molecule has 1 heterocycles. The first-order valence-corrected chi connectivity index (χ1v) is 12.7. The topological polar surface area (TPSA) is 78.4 Å². The number of hydrogen-bond acceptors (Lipinski definition) is 4. The van der Waals surface area contributed by atoms with Crippen LogP contribution in [0.4, 0.5) is 13.2 Å². The van der Waals surface area contributed by atoms with Crippen LogP contribution in [0.15, 0.2) is 59.1 Å². The van der Waals surface area contributed by atoms with Crippen LogP contribution in [0.2, 0.25) is 0 Å². The Kier molecular flexibility index (Phi) is 7.09. The van der Waals surface area contributed by atoms with Crippen molar-refractivity contribution in [3.8, 4) is 17.0 Å². The van der Waals surface area contributed by atoms with Crippen molar-refractivity contribution in [1.29, 1.82) is 0 Å². The van der Waals surface area contributed by atoms with E-state index in [2.05, 4.69) is 11.2 Å². The maximum absolute atomic E-state index is 13.7. The minimum Gasteiger partial charge on any atom is -0.493 e. The van der Waals surface area contributed by atoms with Crippen molar-refractivity contribution < 1.29 is 27.2 Å². The molecule has 0 saturated heterocycles. The quantitative estimate of drug-likeness (QED) is 0.347. The average molecular weight is 511 g/mol. The van der Waals surface area contributed by atoms with E-state index in [4.69, 9.17) is 15.0 Å². The van der Waals surface area contributed by atoms with E-state index in [9.17, 15) is 18.0 Å². The molecule has 5 rings (SSSR count). The van der Waals surface area contributed by atoms with Gasteiger partial charge in [0.25, 0.3) is 0 Å². The third kappa shape index (κ3) is 5.89. The van der Waals surface area contributed by atoms with Gasteiger partial charge in [0.15, 0.2) is 0 Å². The van der Waals surface area contributed by atoms with Crippen LogP contribution in [-0.2, 0) is 6.18 Å². The van der Waals surface area contributed by atoms with Crippen molar-refractivity contribution in [3.05, 3.63) is 77.1 Å². The summed E-state index contributed by atoms with van der Waals surface area (Å²) in [6, 6.07) is 12.4. The maximum atomic E-state index is 13.7. The largest absolute Gasteiger partial charge is 0.493 e. The molecule has 2 saturated carbocycles. The third-order valence-corrected chi connectivity index (χ3v) is 7.22. The zero-order valence-corrected chi connectivity index (χ0v) is 20.3. The summed E-state index contributed by atoms with van der Waals surface area (Å²) in [7, 11) is 0. The highest BCUT2D eigenvalue weighted by molar-refractivity contribution is 5.93. The molecule has 0 aliphatic heterocycles. The van der Waals surface area contributed by atoms with Crippen LogP contribution in [-0.4, -0.2) is 17.7 Å². The lowest BCUT2D eigenvalue weighted by molar-refractivity contribution is -0.137. The number of halogens is 3. The highest BCUT2D eigenvalue weighted by atomic mass is 19.4. The minimum absolute atomic E-state index is 0.0477. The standard InChI is InChI=1S/C29H29F3N2O3/c30-29(31,32)25-7-2-1-6-23(25)26-24(27(37-34-26)20-13-14-20)15-12-18-8-10-19(11-9-18)17-36-22-5-3-4-21(16-22)28(33)35/h1-7,12,15-16,18-20H,8-11,13-14,17H2,(H2,33,35)/b15-12+. The van der Waals surface area contributed by atoms with Gasteiger partial charge in [-0.3, -0.25) is 4.79 Å². The number of amides is 1. The van der Waals surface area contributed by atoms with E-state index >= 15 is 0 Å². The van der Waals surface area contributed by atoms with Gasteiger partial charge in [0, 0.05) is 22.6 Å². The first-order chi connectivity index (χ1) is 17.8. The predicted molar refractivity (Wildman–Crippen MR) is 134 cm³/mol. The van der Waals surface area contributed by atoms with Crippen LogP contribution < -0.4 is 10.5 Å². The Bertz CT molecular complexity index is 1290. The summed E-state index contributed by atoms with van der Waals surface area (Å²) >= 11 is 0. The van der Waals surface area contributed by atoms with E-state index in [0.717, 1.165) is 44.6 Å². The molecule has 2 fully saturated rings. The average Bonchev–Trinajstić information content (AvgIpc) is 3.65. The molecule has 37 heavy (non-hydrogen) atoms. The van der Waals surface area contributed by atoms with Crippen LogP contribution in [0.3, 0.4) is 0 Å². The van der Waals surface area contributed by atoms with Gasteiger partial charge in [-0.05, 0) is 74.6 Å². The molecule has 0 bridgehead atoms. The fourth-order valence-electron chi connectivity index (χ4n) is 4.97. The number of nitrogens with zero attached hydrogens (tertiary/aromatic N) is 1. The summed E-state index contributed by atoms with van der Waals surface area (Å²) in [5.74, 6) is 1.77. The summed E-state index contributed by atoms with van der Waals surface area (Å²) < 4.78 is 52.5. The van der Waals surface area contributed by atoms with Crippen molar-refractivity contribution in [2.75, 3.05) is 6.61 Å².